The van der Waals surface area contributed by atoms with Crippen molar-refractivity contribution in [3.8, 4) is 0 Å². The Morgan fingerprint density at radius 2 is 2.25 bits per heavy atom. The lowest BCUT2D eigenvalue weighted by molar-refractivity contribution is 0.482. The van der Waals surface area contributed by atoms with Gasteiger partial charge in [-0.15, -0.1) is 5.10 Å². The van der Waals surface area contributed by atoms with Gasteiger partial charge in [-0.2, -0.15) is 0 Å². The Labute approximate surface area is 123 Å². The fourth-order valence-electron chi connectivity index (χ4n) is 1.68. The van der Waals surface area contributed by atoms with Gasteiger partial charge in [-0.3, -0.25) is 0 Å². The normalized spacial score (nSPS) is 11.4. The van der Waals surface area contributed by atoms with Gasteiger partial charge in [-0.1, -0.05) is 25.6 Å². The maximum absolute atomic E-state index is 4.29. The summed E-state index contributed by atoms with van der Waals surface area (Å²) in [6.45, 7) is 7.05. The van der Waals surface area contributed by atoms with Gasteiger partial charge in [0.05, 0.1) is 12.3 Å². The number of aryl methyl sites for hydroxylation is 1. The van der Waals surface area contributed by atoms with Crippen LogP contribution in [0.2, 0.25) is 0 Å². The molecule has 0 fully saturated rings. The summed E-state index contributed by atoms with van der Waals surface area (Å²) in [4.78, 5) is 4.29. The fraction of sp³-hybridized carbons (Fsp3) is 0.667. The second-order valence-corrected chi connectivity index (χ2v) is 5.97. The van der Waals surface area contributed by atoms with Gasteiger partial charge in [0, 0.05) is 26.0 Å². The van der Waals surface area contributed by atoms with Crippen LogP contribution in [0.3, 0.4) is 0 Å². The number of nitrogens with zero attached hydrogens (tertiary/aromatic N) is 6. The highest BCUT2D eigenvalue weighted by atomic mass is 32.2. The molecule has 2 heterocycles. The van der Waals surface area contributed by atoms with Gasteiger partial charge in [0.1, 0.15) is 5.82 Å². The molecule has 7 nitrogen and oxygen atoms in total. The Bertz CT molecular complexity index is 519. The lowest BCUT2D eigenvalue weighted by atomic mass is 10.2. The predicted molar refractivity (Wildman–Crippen MR) is 78.3 cm³/mol. The summed E-state index contributed by atoms with van der Waals surface area (Å²) in [5, 5.41) is 16.0. The molecule has 0 aliphatic carbocycles. The molecule has 110 valence electrons. The standard InChI is InChI=1S/C12H21N7S/c1-10(2)8-13-4-7-19-12(15-16-17-19)20-9-11-14-5-6-18(11)3/h5-6,10,13H,4,7-9H2,1-3H3. The monoisotopic (exact) mass is 295 g/mol. The second kappa shape index (κ2) is 7.39. The van der Waals surface area contributed by atoms with Gasteiger partial charge in [-0.25, -0.2) is 9.67 Å². The Balaban J connectivity index is 1.81. The van der Waals surface area contributed by atoms with Crippen LogP contribution in [-0.2, 0) is 19.3 Å². The number of thioether (sulfide) groups is 1. The van der Waals surface area contributed by atoms with Crippen molar-refractivity contribution < 1.29 is 0 Å². The Kier molecular flexibility index (Phi) is 5.54. The van der Waals surface area contributed by atoms with Crippen molar-refractivity contribution in [3.63, 3.8) is 0 Å². The lowest BCUT2D eigenvalue weighted by Crippen LogP contribution is -2.24. The van der Waals surface area contributed by atoms with Crippen molar-refractivity contribution in [3.05, 3.63) is 18.2 Å². The average molecular weight is 295 g/mol. The number of hydrogen-bond acceptors (Lipinski definition) is 6. The molecule has 0 atom stereocenters. The Morgan fingerprint density at radius 1 is 1.40 bits per heavy atom. The first kappa shape index (κ1) is 15.0. The third-order valence-corrected chi connectivity index (χ3v) is 3.76. The van der Waals surface area contributed by atoms with Gasteiger partial charge in [0.15, 0.2) is 0 Å². The molecule has 0 aliphatic heterocycles. The highest BCUT2D eigenvalue weighted by Crippen LogP contribution is 2.18. The van der Waals surface area contributed by atoms with E-state index in [-0.39, 0.29) is 0 Å². The van der Waals surface area contributed by atoms with Crippen LogP contribution in [-0.4, -0.2) is 42.8 Å². The van der Waals surface area contributed by atoms with Crippen molar-refractivity contribution in [2.75, 3.05) is 13.1 Å². The van der Waals surface area contributed by atoms with E-state index in [1.165, 1.54) is 0 Å². The van der Waals surface area contributed by atoms with Crippen LogP contribution in [0.25, 0.3) is 0 Å². The zero-order chi connectivity index (χ0) is 14.4. The number of hydrogen-bond donors (Lipinski definition) is 1. The van der Waals surface area contributed by atoms with E-state index in [9.17, 15) is 0 Å². The quantitative estimate of drug-likeness (QED) is 0.577. The second-order valence-electron chi connectivity index (χ2n) is 5.03. The summed E-state index contributed by atoms with van der Waals surface area (Å²) in [5.41, 5.74) is 0. The molecule has 0 aromatic carbocycles. The molecule has 0 saturated heterocycles. The molecule has 0 bridgehead atoms. The summed E-state index contributed by atoms with van der Waals surface area (Å²) in [6.07, 6.45) is 3.74. The summed E-state index contributed by atoms with van der Waals surface area (Å²) < 4.78 is 3.84. The average Bonchev–Trinajstić information content (AvgIpc) is 3.01. The van der Waals surface area contributed by atoms with Gasteiger partial charge < -0.3 is 9.88 Å². The molecule has 2 aromatic heterocycles. The topological polar surface area (TPSA) is 73.5 Å². The highest BCUT2D eigenvalue weighted by molar-refractivity contribution is 7.98. The minimum Gasteiger partial charge on any atom is -0.337 e. The minimum absolute atomic E-state index is 0.654. The maximum atomic E-state index is 4.29. The van der Waals surface area contributed by atoms with Crippen LogP contribution in [0.15, 0.2) is 17.6 Å². The minimum atomic E-state index is 0.654. The van der Waals surface area contributed by atoms with Crippen LogP contribution in [0.4, 0.5) is 0 Å². The predicted octanol–water partition coefficient (Wildman–Crippen LogP) is 0.944. The smallest absolute Gasteiger partial charge is 0.209 e. The SMILES string of the molecule is CC(C)CNCCn1nnnc1SCc1nccn1C. The number of rotatable bonds is 8. The lowest BCUT2D eigenvalue weighted by Gasteiger charge is -2.08. The number of aromatic nitrogens is 6. The molecule has 2 aromatic rings. The van der Waals surface area contributed by atoms with Gasteiger partial charge in [0.25, 0.3) is 0 Å². The van der Waals surface area contributed by atoms with E-state index in [1.807, 2.05) is 22.5 Å². The van der Waals surface area contributed by atoms with Gasteiger partial charge >= 0.3 is 0 Å². The van der Waals surface area contributed by atoms with E-state index in [2.05, 4.69) is 39.7 Å². The van der Waals surface area contributed by atoms with Gasteiger partial charge in [-0.05, 0) is 22.9 Å². The number of tetrazole rings is 1. The number of nitrogens with one attached hydrogen (secondary N) is 1. The van der Waals surface area contributed by atoms with Crippen LogP contribution in [0, 0.1) is 5.92 Å². The first-order chi connectivity index (χ1) is 9.66. The third kappa shape index (κ3) is 4.31. The summed E-state index contributed by atoms with van der Waals surface area (Å²) in [7, 11) is 1.99. The summed E-state index contributed by atoms with van der Waals surface area (Å²) >= 11 is 1.61. The molecule has 0 spiro atoms. The van der Waals surface area contributed by atoms with Crippen LogP contribution < -0.4 is 5.32 Å². The molecule has 8 heteroatoms. The molecular formula is C12H21N7S. The Hall–Kier alpha value is -1.41. The summed E-state index contributed by atoms with van der Waals surface area (Å²) in [6, 6.07) is 0. The summed E-state index contributed by atoms with van der Waals surface area (Å²) in [5.74, 6) is 2.44. The molecular weight excluding hydrogens is 274 g/mol. The highest BCUT2D eigenvalue weighted by Gasteiger charge is 2.08. The first-order valence-corrected chi connectivity index (χ1v) is 7.71. The largest absolute Gasteiger partial charge is 0.337 e. The zero-order valence-corrected chi connectivity index (χ0v) is 13.0. The first-order valence-electron chi connectivity index (χ1n) is 6.72. The molecule has 2 rings (SSSR count). The van der Waals surface area contributed by atoms with Crippen molar-refractivity contribution in [2.45, 2.75) is 31.3 Å². The zero-order valence-electron chi connectivity index (χ0n) is 12.2. The molecule has 1 N–H and O–H groups in total. The fourth-order valence-corrected chi connectivity index (χ4v) is 2.59. The molecule has 0 amide bonds. The van der Waals surface area contributed by atoms with Crippen LogP contribution in [0.1, 0.15) is 19.7 Å². The van der Waals surface area contributed by atoms with E-state index >= 15 is 0 Å². The van der Waals surface area contributed by atoms with Crippen molar-refractivity contribution >= 4 is 11.8 Å². The van der Waals surface area contributed by atoms with Crippen molar-refractivity contribution in [1.29, 1.82) is 0 Å². The molecule has 0 aliphatic rings. The van der Waals surface area contributed by atoms with Crippen molar-refractivity contribution in [1.82, 2.24) is 35.1 Å². The van der Waals surface area contributed by atoms with E-state index in [0.29, 0.717) is 5.92 Å². The molecule has 0 radical (unpaired) electrons. The maximum Gasteiger partial charge on any atom is 0.209 e. The van der Waals surface area contributed by atoms with Crippen LogP contribution >= 0.6 is 11.8 Å². The van der Waals surface area contributed by atoms with Crippen LogP contribution in [0.5, 0.6) is 0 Å². The molecule has 20 heavy (non-hydrogen) atoms. The van der Waals surface area contributed by atoms with Crippen molar-refractivity contribution in [2.24, 2.45) is 13.0 Å². The molecule has 0 unspecified atom stereocenters. The van der Waals surface area contributed by atoms with E-state index in [4.69, 9.17) is 0 Å². The Morgan fingerprint density at radius 3 is 2.95 bits per heavy atom. The van der Waals surface area contributed by atoms with E-state index in [1.54, 1.807) is 18.0 Å². The number of imidazole rings is 1. The van der Waals surface area contributed by atoms with Gasteiger partial charge in [0.2, 0.25) is 5.16 Å². The van der Waals surface area contributed by atoms with E-state index < -0.39 is 0 Å². The van der Waals surface area contributed by atoms with E-state index in [0.717, 1.165) is 36.4 Å². The molecule has 0 saturated carbocycles. The third-order valence-electron chi connectivity index (χ3n) is 2.80.